The van der Waals surface area contributed by atoms with Crippen molar-refractivity contribution in [2.24, 2.45) is 0 Å². The topological polar surface area (TPSA) is 130 Å². The lowest BCUT2D eigenvalue weighted by Gasteiger charge is -2.08. The van der Waals surface area contributed by atoms with Gasteiger partial charge in [-0.15, -0.1) is 0 Å². The number of pyridine rings is 1. The Morgan fingerprint density at radius 3 is 2.50 bits per heavy atom. The summed E-state index contributed by atoms with van der Waals surface area (Å²) in [6.07, 6.45) is 2.13. The monoisotopic (exact) mass is 542 g/mol. The number of nitrogens with one attached hydrogen (secondary N) is 2. The maximum absolute atomic E-state index is 13.0. The summed E-state index contributed by atoms with van der Waals surface area (Å²) in [6, 6.07) is 8.14. The second-order valence-corrected chi connectivity index (χ2v) is 9.50. The maximum Gasteiger partial charge on any atom is 0.404 e. The molecule has 0 aliphatic rings. The first kappa shape index (κ1) is 22.0. The summed E-state index contributed by atoms with van der Waals surface area (Å²) in [7, 11) is -3.83. The van der Waals surface area contributed by atoms with Gasteiger partial charge in [0, 0.05) is 34.4 Å². The summed E-state index contributed by atoms with van der Waals surface area (Å²) in [5, 5.41) is 14.0. The third-order valence-corrected chi connectivity index (χ3v) is 6.84. The lowest BCUT2D eigenvalue weighted by molar-refractivity contribution is 0.0953. The average molecular weight is 542 g/mol. The number of fused-ring (bicyclic) bond motifs is 1. The lowest BCUT2D eigenvalue weighted by Crippen LogP contribution is -2.29. The molecule has 3 aromatic rings. The van der Waals surface area contributed by atoms with E-state index in [1.165, 1.54) is 12.4 Å². The van der Waals surface area contributed by atoms with Crippen molar-refractivity contribution in [2.45, 2.75) is 18.2 Å². The van der Waals surface area contributed by atoms with E-state index in [-0.39, 0.29) is 35.1 Å². The number of nitrogens with zero attached hydrogens (tertiary/aromatic N) is 2. The molecular weight excluding hydrogens is 523 g/mol. The third kappa shape index (κ3) is 4.73. The van der Waals surface area contributed by atoms with Crippen molar-refractivity contribution >= 4 is 55.6 Å². The van der Waals surface area contributed by atoms with Crippen LogP contribution in [0.4, 0.5) is 4.79 Å². The van der Waals surface area contributed by atoms with Crippen LogP contribution < -0.4 is 10.6 Å². The fourth-order valence-corrected chi connectivity index (χ4v) is 4.95. The molecule has 158 valence electrons. The molecule has 3 rings (SSSR count). The highest BCUT2D eigenvalue weighted by molar-refractivity contribution is 14.1. The molecule has 0 unspecified atom stereocenters. The molecule has 0 bridgehead atoms. The number of aromatic nitrogens is 2. The first-order valence-corrected chi connectivity index (χ1v) is 11.5. The second kappa shape index (κ2) is 9.00. The van der Waals surface area contributed by atoms with Crippen LogP contribution in [0, 0.1) is 10.5 Å². The van der Waals surface area contributed by atoms with Gasteiger partial charge in [0.05, 0.1) is 10.5 Å². The first-order chi connectivity index (χ1) is 14.2. The molecule has 0 radical (unpaired) electrons. The number of amides is 2. The van der Waals surface area contributed by atoms with Crippen LogP contribution in [0.3, 0.4) is 0 Å². The molecule has 0 aliphatic carbocycles. The van der Waals surface area contributed by atoms with Crippen LogP contribution in [-0.4, -0.2) is 47.6 Å². The Bertz CT molecular complexity index is 1210. The van der Waals surface area contributed by atoms with E-state index < -0.39 is 16.1 Å². The largest absolute Gasteiger partial charge is 0.465 e. The number of carboxylic acid groups (broad SMARTS) is 1. The van der Waals surface area contributed by atoms with Gasteiger partial charge in [0.15, 0.2) is 5.65 Å². The molecule has 0 aliphatic heterocycles. The van der Waals surface area contributed by atoms with Crippen molar-refractivity contribution in [1.82, 2.24) is 19.6 Å². The number of hydrogen-bond donors (Lipinski definition) is 3. The van der Waals surface area contributed by atoms with Crippen molar-refractivity contribution in [3.05, 3.63) is 57.4 Å². The van der Waals surface area contributed by atoms with Gasteiger partial charge in [0.1, 0.15) is 0 Å². The van der Waals surface area contributed by atoms with E-state index >= 15 is 0 Å². The molecular formula is C19H19IN4O5S. The Balaban J connectivity index is 1.83. The summed E-state index contributed by atoms with van der Waals surface area (Å²) in [5.74, 6) is -0.371. The molecule has 9 nitrogen and oxygen atoms in total. The quantitative estimate of drug-likeness (QED) is 0.311. The molecule has 2 heterocycles. The van der Waals surface area contributed by atoms with Crippen LogP contribution >= 0.6 is 22.6 Å². The molecule has 0 fully saturated rings. The zero-order valence-corrected chi connectivity index (χ0v) is 18.9. The molecule has 2 amide bonds. The lowest BCUT2D eigenvalue weighted by atomic mass is 10.2. The molecule has 0 atom stereocenters. The smallest absolute Gasteiger partial charge is 0.404 e. The Morgan fingerprint density at radius 2 is 1.83 bits per heavy atom. The number of aryl methyl sites for hydroxylation is 1. The highest BCUT2D eigenvalue weighted by atomic mass is 127. The van der Waals surface area contributed by atoms with Crippen LogP contribution in [0.2, 0.25) is 0 Å². The minimum atomic E-state index is -3.83. The number of rotatable bonds is 7. The number of carbonyl (C=O) groups excluding carboxylic acids is 1. The molecule has 30 heavy (non-hydrogen) atoms. The van der Waals surface area contributed by atoms with E-state index in [1.807, 2.05) is 29.5 Å². The highest BCUT2D eigenvalue weighted by Crippen LogP contribution is 2.26. The van der Waals surface area contributed by atoms with Gasteiger partial charge < -0.3 is 15.7 Å². The van der Waals surface area contributed by atoms with Gasteiger partial charge in [0.2, 0.25) is 0 Å². The predicted octanol–water partition coefficient (Wildman–Crippen LogP) is 2.57. The van der Waals surface area contributed by atoms with Crippen molar-refractivity contribution in [2.75, 3.05) is 13.1 Å². The summed E-state index contributed by atoms with van der Waals surface area (Å²) in [4.78, 5) is 27.1. The summed E-state index contributed by atoms with van der Waals surface area (Å²) in [5.41, 5.74) is 1.48. The van der Waals surface area contributed by atoms with E-state index in [9.17, 15) is 18.0 Å². The molecule has 3 N–H and O–H groups in total. The van der Waals surface area contributed by atoms with Gasteiger partial charge in [-0.2, -0.15) is 0 Å². The van der Waals surface area contributed by atoms with Crippen LogP contribution in [-0.2, 0) is 10.0 Å². The minimum Gasteiger partial charge on any atom is -0.465 e. The van der Waals surface area contributed by atoms with E-state index in [0.29, 0.717) is 15.4 Å². The van der Waals surface area contributed by atoms with Gasteiger partial charge in [-0.1, -0.05) is 17.7 Å². The van der Waals surface area contributed by atoms with E-state index in [0.717, 1.165) is 9.54 Å². The zero-order valence-electron chi connectivity index (χ0n) is 15.9. The average Bonchev–Trinajstić information content (AvgIpc) is 3.04. The maximum atomic E-state index is 13.0. The molecule has 1 aromatic carbocycles. The van der Waals surface area contributed by atoms with E-state index in [1.54, 1.807) is 30.3 Å². The molecule has 0 spiro atoms. The fourth-order valence-electron chi connectivity index (χ4n) is 2.76. The normalized spacial score (nSPS) is 11.4. The Labute approximate surface area is 186 Å². The number of halogens is 1. The summed E-state index contributed by atoms with van der Waals surface area (Å²) < 4.78 is 27.8. The summed E-state index contributed by atoms with van der Waals surface area (Å²) in [6.45, 7) is 2.39. The van der Waals surface area contributed by atoms with Crippen LogP contribution in [0.15, 0.2) is 47.6 Å². The highest BCUT2D eigenvalue weighted by Gasteiger charge is 2.22. The predicted molar refractivity (Wildman–Crippen MR) is 119 cm³/mol. The van der Waals surface area contributed by atoms with Crippen LogP contribution in [0.25, 0.3) is 11.0 Å². The van der Waals surface area contributed by atoms with Gasteiger partial charge >= 0.3 is 6.09 Å². The number of benzene rings is 1. The minimum absolute atomic E-state index is 0.153. The van der Waals surface area contributed by atoms with Crippen molar-refractivity contribution in [1.29, 1.82) is 0 Å². The van der Waals surface area contributed by atoms with E-state index in [4.69, 9.17) is 5.11 Å². The van der Waals surface area contributed by atoms with Gasteiger partial charge in [-0.05, 0) is 54.1 Å². The Kier molecular flexibility index (Phi) is 6.61. The fraction of sp³-hybridized carbons (Fsp3) is 0.211. The van der Waals surface area contributed by atoms with Crippen molar-refractivity contribution in [3.8, 4) is 0 Å². The second-order valence-electron chi connectivity index (χ2n) is 6.53. The number of hydrogen-bond acceptors (Lipinski definition) is 5. The van der Waals surface area contributed by atoms with E-state index in [2.05, 4.69) is 15.6 Å². The Hall–Kier alpha value is -2.67. The third-order valence-electron chi connectivity index (χ3n) is 4.32. The van der Waals surface area contributed by atoms with Crippen LogP contribution in [0.5, 0.6) is 0 Å². The van der Waals surface area contributed by atoms with Crippen molar-refractivity contribution in [3.63, 3.8) is 0 Å². The molecule has 0 saturated heterocycles. The van der Waals surface area contributed by atoms with Crippen molar-refractivity contribution < 1.29 is 23.1 Å². The van der Waals surface area contributed by atoms with Gasteiger partial charge in [-0.3, -0.25) is 4.79 Å². The van der Waals surface area contributed by atoms with Crippen LogP contribution in [0.1, 0.15) is 22.3 Å². The first-order valence-electron chi connectivity index (χ1n) is 8.94. The summed E-state index contributed by atoms with van der Waals surface area (Å²) >= 11 is 2.01. The standard InChI is InChI=1S/C19H19IN4O5S/c1-12-3-5-14(6-4-12)30(28,29)24-11-16(20)15-9-13(10-23-17(15)24)18(25)21-7-2-8-22-19(26)27/h3-6,9-11,22H,2,7-8H2,1H3,(H,21,25)(H,26,27). The van der Waals surface area contributed by atoms with Gasteiger partial charge in [-0.25, -0.2) is 22.2 Å². The SMILES string of the molecule is Cc1ccc(S(=O)(=O)n2cc(I)c3cc(C(=O)NCCCNC(=O)O)cnc32)cc1. The zero-order chi connectivity index (χ0) is 21.9. The molecule has 0 saturated carbocycles. The van der Waals surface area contributed by atoms with Gasteiger partial charge in [0.25, 0.3) is 15.9 Å². The molecule has 11 heteroatoms. The molecule has 2 aromatic heterocycles. The Morgan fingerprint density at radius 1 is 1.17 bits per heavy atom. The number of carbonyl (C=O) groups is 2.